The number of nitrogens with zero attached hydrogens (tertiary/aromatic N) is 2. The van der Waals surface area contributed by atoms with Gasteiger partial charge in [0.1, 0.15) is 0 Å². The molecule has 0 saturated carbocycles. The number of amides is 2. The van der Waals surface area contributed by atoms with Crippen molar-refractivity contribution in [3.05, 3.63) is 59.1 Å². The Morgan fingerprint density at radius 1 is 1.23 bits per heavy atom. The number of hydrogen-bond donors (Lipinski definition) is 1. The molecule has 0 fully saturated rings. The quantitative estimate of drug-likeness (QED) is 0.785. The molecule has 0 atom stereocenters. The number of aromatic nitrogens is 1. The molecular formula is C17H17N3OS. The van der Waals surface area contributed by atoms with Crippen LogP contribution in [0.4, 0.5) is 9.93 Å². The summed E-state index contributed by atoms with van der Waals surface area (Å²) >= 11 is 1.43. The first kappa shape index (κ1) is 14.5. The minimum absolute atomic E-state index is 0.151. The lowest BCUT2D eigenvalue weighted by Crippen LogP contribution is -2.30. The number of carbonyl (C=O) groups excluding carboxylic acids is 1. The molecule has 0 radical (unpaired) electrons. The van der Waals surface area contributed by atoms with Crippen LogP contribution in [0.5, 0.6) is 0 Å². The highest BCUT2D eigenvalue weighted by Crippen LogP contribution is 2.20. The minimum Gasteiger partial charge on any atom is -0.323 e. The summed E-state index contributed by atoms with van der Waals surface area (Å²) in [7, 11) is 1.79. The van der Waals surface area contributed by atoms with Crippen LogP contribution in [-0.4, -0.2) is 23.0 Å². The Bertz CT molecular complexity index is 807. The molecule has 1 heterocycles. The standard InChI is InChI=1S/C17H17N3OS/c1-12-11-22-16(18-12)19-17(21)20(2)10-14-8-5-7-13-6-3-4-9-15(13)14/h3-9,11H,10H2,1-2H3,(H,18,19,21). The average Bonchev–Trinajstić information content (AvgIpc) is 2.92. The van der Waals surface area contributed by atoms with Gasteiger partial charge in [0.15, 0.2) is 5.13 Å². The van der Waals surface area contributed by atoms with E-state index < -0.39 is 0 Å². The molecule has 2 amide bonds. The van der Waals surface area contributed by atoms with E-state index in [1.807, 2.05) is 30.5 Å². The highest BCUT2D eigenvalue weighted by atomic mass is 32.1. The zero-order valence-electron chi connectivity index (χ0n) is 12.5. The Hall–Kier alpha value is -2.40. The molecule has 1 aromatic heterocycles. The fraction of sp³-hybridized carbons (Fsp3) is 0.176. The topological polar surface area (TPSA) is 45.2 Å². The predicted molar refractivity (Wildman–Crippen MR) is 91.3 cm³/mol. The predicted octanol–water partition coefficient (Wildman–Crippen LogP) is 4.27. The van der Waals surface area contributed by atoms with Crippen molar-refractivity contribution in [1.29, 1.82) is 0 Å². The Morgan fingerprint density at radius 2 is 2.00 bits per heavy atom. The summed E-state index contributed by atoms with van der Waals surface area (Å²) in [6, 6.07) is 14.2. The normalized spacial score (nSPS) is 10.6. The molecule has 0 aliphatic rings. The van der Waals surface area contributed by atoms with Crippen molar-refractivity contribution in [2.24, 2.45) is 0 Å². The van der Waals surface area contributed by atoms with Crippen molar-refractivity contribution in [2.45, 2.75) is 13.5 Å². The van der Waals surface area contributed by atoms with Crippen LogP contribution < -0.4 is 5.32 Å². The van der Waals surface area contributed by atoms with Crippen LogP contribution >= 0.6 is 11.3 Å². The molecule has 0 aliphatic carbocycles. The van der Waals surface area contributed by atoms with Crippen LogP contribution in [0, 0.1) is 6.92 Å². The van der Waals surface area contributed by atoms with E-state index in [2.05, 4.69) is 34.6 Å². The fourth-order valence-corrected chi connectivity index (χ4v) is 3.03. The largest absolute Gasteiger partial charge is 0.323 e. The van der Waals surface area contributed by atoms with Crippen molar-refractivity contribution >= 4 is 33.3 Å². The molecule has 0 aliphatic heterocycles. The Kier molecular flexibility index (Phi) is 4.06. The summed E-state index contributed by atoms with van der Waals surface area (Å²) in [4.78, 5) is 18.2. The van der Waals surface area contributed by atoms with Gasteiger partial charge in [-0.05, 0) is 23.3 Å². The maximum Gasteiger partial charge on any atom is 0.323 e. The van der Waals surface area contributed by atoms with Gasteiger partial charge in [0.05, 0.1) is 5.69 Å². The Labute approximate surface area is 133 Å². The first-order valence-electron chi connectivity index (χ1n) is 7.04. The molecule has 5 heteroatoms. The monoisotopic (exact) mass is 311 g/mol. The van der Waals surface area contributed by atoms with E-state index in [-0.39, 0.29) is 6.03 Å². The van der Waals surface area contributed by atoms with Crippen LogP contribution in [0.2, 0.25) is 0 Å². The molecule has 3 aromatic rings. The number of carbonyl (C=O) groups is 1. The fourth-order valence-electron chi connectivity index (χ4n) is 2.36. The van der Waals surface area contributed by atoms with Gasteiger partial charge in [-0.15, -0.1) is 11.3 Å². The van der Waals surface area contributed by atoms with Crippen molar-refractivity contribution in [1.82, 2.24) is 9.88 Å². The number of benzene rings is 2. The lowest BCUT2D eigenvalue weighted by Gasteiger charge is -2.18. The number of anilines is 1. The van der Waals surface area contributed by atoms with Gasteiger partial charge in [-0.3, -0.25) is 5.32 Å². The summed E-state index contributed by atoms with van der Waals surface area (Å²) < 4.78 is 0. The third-order valence-corrected chi connectivity index (χ3v) is 4.34. The van der Waals surface area contributed by atoms with Crippen LogP contribution in [-0.2, 0) is 6.54 Å². The van der Waals surface area contributed by atoms with E-state index >= 15 is 0 Å². The SMILES string of the molecule is Cc1csc(NC(=O)N(C)Cc2cccc3ccccc23)n1. The molecule has 112 valence electrons. The van der Waals surface area contributed by atoms with Crippen LogP contribution in [0.15, 0.2) is 47.8 Å². The summed E-state index contributed by atoms with van der Waals surface area (Å²) in [5.41, 5.74) is 2.04. The van der Waals surface area contributed by atoms with E-state index in [9.17, 15) is 4.79 Å². The number of aryl methyl sites for hydroxylation is 1. The first-order valence-corrected chi connectivity index (χ1v) is 7.92. The lowest BCUT2D eigenvalue weighted by atomic mass is 10.0. The van der Waals surface area contributed by atoms with Crippen molar-refractivity contribution < 1.29 is 4.79 Å². The molecular weight excluding hydrogens is 294 g/mol. The van der Waals surface area contributed by atoms with E-state index in [1.54, 1.807) is 11.9 Å². The van der Waals surface area contributed by atoms with Gasteiger partial charge >= 0.3 is 6.03 Å². The van der Waals surface area contributed by atoms with E-state index in [0.717, 1.165) is 11.3 Å². The van der Waals surface area contributed by atoms with Gasteiger partial charge in [-0.2, -0.15) is 0 Å². The molecule has 1 N–H and O–H groups in total. The third kappa shape index (κ3) is 3.09. The zero-order chi connectivity index (χ0) is 15.5. The highest BCUT2D eigenvalue weighted by Gasteiger charge is 2.12. The molecule has 3 rings (SSSR count). The van der Waals surface area contributed by atoms with Gasteiger partial charge in [-0.25, -0.2) is 9.78 Å². The minimum atomic E-state index is -0.151. The summed E-state index contributed by atoms with van der Waals surface area (Å²) in [5.74, 6) is 0. The molecule has 4 nitrogen and oxygen atoms in total. The molecule has 0 bridgehead atoms. The summed E-state index contributed by atoms with van der Waals surface area (Å²) in [6.07, 6.45) is 0. The molecule has 22 heavy (non-hydrogen) atoms. The van der Waals surface area contributed by atoms with Crippen molar-refractivity contribution in [3.8, 4) is 0 Å². The number of fused-ring (bicyclic) bond motifs is 1. The number of nitrogens with one attached hydrogen (secondary N) is 1. The lowest BCUT2D eigenvalue weighted by molar-refractivity contribution is 0.221. The second kappa shape index (κ2) is 6.15. The van der Waals surface area contributed by atoms with Gasteiger partial charge in [0.2, 0.25) is 0 Å². The van der Waals surface area contributed by atoms with Gasteiger partial charge in [0, 0.05) is 19.0 Å². The van der Waals surface area contributed by atoms with Crippen molar-refractivity contribution in [3.63, 3.8) is 0 Å². The van der Waals surface area contributed by atoms with Gasteiger partial charge < -0.3 is 4.90 Å². The van der Waals surface area contributed by atoms with Crippen LogP contribution in [0.25, 0.3) is 10.8 Å². The maximum atomic E-state index is 12.2. The zero-order valence-corrected chi connectivity index (χ0v) is 13.4. The second-order valence-electron chi connectivity index (χ2n) is 5.22. The summed E-state index contributed by atoms with van der Waals surface area (Å²) in [6.45, 7) is 2.46. The van der Waals surface area contributed by atoms with E-state index in [0.29, 0.717) is 11.7 Å². The van der Waals surface area contributed by atoms with Gasteiger partial charge in [0.25, 0.3) is 0 Å². The maximum absolute atomic E-state index is 12.2. The third-order valence-electron chi connectivity index (χ3n) is 3.47. The number of hydrogen-bond acceptors (Lipinski definition) is 3. The molecule has 0 spiro atoms. The molecule has 2 aromatic carbocycles. The molecule has 0 unspecified atom stereocenters. The highest BCUT2D eigenvalue weighted by molar-refractivity contribution is 7.13. The number of rotatable bonds is 3. The smallest absolute Gasteiger partial charge is 0.323 e. The Morgan fingerprint density at radius 3 is 2.77 bits per heavy atom. The molecule has 0 saturated heterocycles. The van der Waals surface area contributed by atoms with Crippen molar-refractivity contribution in [2.75, 3.05) is 12.4 Å². The number of thiazole rings is 1. The second-order valence-corrected chi connectivity index (χ2v) is 6.08. The van der Waals surface area contributed by atoms with Crippen LogP contribution in [0.1, 0.15) is 11.3 Å². The van der Waals surface area contributed by atoms with E-state index in [1.165, 1.54) is 22.1 Å². The Balaban J connectivity index is 1.75. The summed E-state index contributed by atoms with van der Waals surface area (Å²) in [5, 5.41) is 7.73. The van der Waals surface area contributed by atoms with Crippen LogP contribution in [0.3, 0.4) is 0 Å². The van der Waals surface area contributed by atoms with Gasteiger partial charge in [-0.1, -0.05) is 42.5 Å². The number of urea groups is 1. The average molecular weight is 311 g/mol. The first-order chi connectivity index (χ1) is 10.6. The van der Waals surface area contributed by atoms with E-state index in [4.69, 9.17) is 0 Å².